The van der Waals surface area contributed by atoms with Gasteiger partial charge in [0.2, 0.25) is 0 Å². The molecule has 0 amide bonds. The predicted molar refractivity (Wildman–Crippen MR) is 55.6 cm³/mol. The summed E-state index contributed by atoms with van der Waals surface area (Å²) in [5, 5.41) is 25.9. The average Bonchev–Trinajstić information content (AvgIpc) is 2.13. The maximum absolute atomic E-state index is 10.7. The van der Waals surface area contributed by atoms with E-state index in [2.05, 4.69) is 0 Å². The number of hydrogen-bond donors (Lipinski definition) is 3. The van der Waals surface area contributed by atoms with E-state index in [9.17, 15) is 14.4 Å². The summed E-state index contributed by atoms with van der Waals surface area (Å²) in [6.07, 6.45) is -3.41. The van der Waals surface area contributed by atoms with Crippen LogP contribution in [-0.4, -0.2) is 45.4 Å². The van der Waals surface area contributed by atoms with Gasteiger partial charge in [0.05, 0.1) is 18.9 Å². The molecule has 0 aliphatic carbocycles. The Morgan fingerprint density at radius 1 is 1.00 bits per heavy atom. The van der Waals surface area contributed by atoms with Crippen LogP contribution >= 0.6 is 0 Å². The molecule has 3 N–H and O–H groups in total. The van der Waals surface area contributed by atoms with Crippen LogP contribution in [0.3, 0.4) is 0 Å². The molecule has 0 radical (unpaired) electrons. The van der Waals surface area contributed by atoms with Crippen LogP contribution in [0.2, 0.25) is 0 Å². The van der Waals surface area contributed by atoms with Gasteiger partial charge in [0.25, 0.3) is 0 Å². The summed E-state index contributed by atoms with van der Waals surface area (Å²) in [6.45, 7) is 3.35. The van der Waals surface area contributed by atoms with Crippen LogP contribution in [-0.2, 0) is 19.1 Å². The van der Waals surface area contributed by atoms with E-state index in [-0.39, 0.29) is 12.3 Å². The Balaban J connectivity index is 4.61. The molecule has 0 bridgehead atoms. The highest BCUT2D eigenvalue weighted by Crippen LogP contribution is 2.15. The molecular weight excluding hydrogens is 232 g/mol. The zero-order valence-corrected chi connectivity index (χ0v) is 9.62. The fourth-order valence-corrected chi connectivity index (χ4v) is 1.18. The maximum Gasteiger partial charge on any atom is 0.333 e. The van der Waals surface area contributed by atoms with Crippen LogP contribution in [0.5, 0.6) is 0 Å². The lowest BCUT2D eigenvalue weighted by molar-refractivity contribution is -0.165. The second-order valence-corrected chi connectivity index (χ2v) is 3.94. The van der Waals surface area contributed by atoms with Crippen molar-refractivity contribution in [3.05, 3.63) is 0 Å². The van der Waals surface area contributed by atoms with Gasteiger partial charge < -0.3 is 20.1 Å². The molecule has 0 heterocycles. The van der Waals surface area contributed by atoms with Gasteiger partial charge in [-0.25, -0.2) is 4.79 Å². The van der Waals surface area contributed by atoms with Crippen LogP contribution in [0.1, 0.15) is 26.7 Å². The van der Waals surface area contributed by atoms with E-state index in [1.54, 1.807) is 13.8 Å². The summed E-state index contributed by atoms with van der Waals surface area (Å²) >= 11 is 0. The summed E-state index contributed by atoms with van der Waals surface area (Å²) in [6, 6.07) is 0. The van der Waals surface area contributed by atoms with Gasteiger partial charge in [0.15, 0.2) is 6.10 Å². The molecule has 2 unspecified atom stereocenters. The number of hydrogen-bond acceptors (Lipinski definition) is 4. The molecule has 0 aromatic heterocycles. The van der Waals surface area contributed by atoms with Crippen LogP contribution in [0, 0.1) is 5.92 Å². The zero-order valence-electron chi connectivity index (χ0n) is 9.62. The standard InChI is InChI=1S/C10H16O7/c1-5(2)6(3-8(11)12)17-7(10(15)16)4-9(13)14/h5-7H,3-4H2,1-2H3,(H,11,12)(H,13,14)(H,15,16). The first-order valence-electron chi connectivity index (χ1n) is 5.05. The molecule has 0 aromatic carbocycles. The van der Waals surface area contributed by atoms with Crippen molar-refractivity contribution >= 4 is 17.9 Å². The van der Waals surface area contributed by atoms with Crippen molar-refractivity contribution in [2.45, 2.75) is 38.9 Å². The number of aliphatic carboxylic acids is 3. The van der Waals surface area contributed by atoms with Gasteiger partial charge in [-0.2, -0.15) is 0 Å². The molecule has 0 spiro atoms. The van der Waals surface area contributed by atoms with Gasteiger partial charge in [-0.1, -0.05) is 13.8 Å². The summed E-state index contributed by atoms with van der Waals surface area (Å²) < 4.78 is 5.03. The summed E-state index contributed by atoms with van der Waals surface area (Å²) in [4.78, 5) is 31.7. The normalized spacial score (nSPS) is 14.3. The number of carboxylic acid groups (broad SMARTS) is 3. The molecule has 0 aliphatic rings. The van der Waals surface area contributed by atoms with Crippen LogP contribution in [0.15, 0.2) is 0 Å². The second kappa shape index (κ2) is 6.85. The SMILES string of the molecule is CC(C)C(CC(=O)O)OC(CC(=O)O)C(=O)O. The quantitative estimate of drug-likeness (QED) is 0.569. The van der Waals surface area contributed by atoms with Crippen molar-refractivity contribution in [2.75, 3.05) is 0 Å². The van der Waals surface area contributed by atoms with Gasteiger partial charge in [0.1, 0.15) is 0 Å². The van der Waals surface area contributed by atoms with Crippen molar-refractivity contribution in [2.24, 2.45) is 5.92 Å². The fraction of sp³-hybridized carbons (Fsp3) is 0.700. The summed E-state index contributed by atoms with van der Waals surface area (Å²) in [5.74, 6) is -4.07. The van der Waals surface area contributed by atoms with Gasteiger partial charge >= 0.3 is 17.9 Å². The number of ether oxygens (including phenoxy) is 1. The third-order valence-corrected chi connectivity index (χ3v) is 2.09. The van der Waals surface area contributed by atoms with Crippen molar-refractivity contribution in [1.29, 1.82) is 0 Å². The van der Waals surface area contributed by atoms with Gasteiger partial charge in [-0.15, -0.1) is 0 Å². The lowest BCUT2D eigenvalue weighted by Gasteiger charge is -2.23. The molecule has 0 aromatic rings. The summed E-state index contributed by atoms with van der Waals surface area (Å²) in [7, 11) is 0. The second-order valence-electron chi connectivity index (χ2n) is 3.94. The molecule has 2 atom stereocenters. The van der Waals surface area contributed by atoms with Crippen LogP contribution in [0.4, 0.5) is 0 Å². The van der Waals surface area contributed by atoms with E-state index in [1.807, 2.05) is 0 Å². The molecular formula is C10H16O7. The minimum Gasteiger partial charge on any atom is -0.481 e. The number of carbonyl (C=O) groups is 3. The van der Waals surface area contributed by atoms with Gasteiger partial charge in [-0.3, -0.25) is 9.59 Å². The van der Waals surface area contributed by atoms with Gasteiger partial charge in [-0.05, 0) is 5.92 Å². The van der Waals surface area contributed by atoms with E-state index in [0.29, 0.717) is 0 Å². The number of rotatable bonds is 8. The highest BCUT2D eigenvalue weighted by Gasteiger charge is 2.28. The van der Waals surface area contributed by atoms with Crippen molar-refractivity contribution < 1.29 is 34.4 Å². The molecule has 0 rings (SSSR count). The Hall–Kier alpha value is -1.63. The van der Waals surface area contributed by atoms with E-state index in [4.69, 9.17) is 20.1 Å². The zero-order chi connectivity index (χ0) is 13.6. The highest BCUT2D eigenvalue weighted by molar-refractivity contribution is 5.79. The van der Waals surface area contributed by atoms with E-state index >= 15 is 0 Å². The summed E-state index contributed by atoms with van der Waals surface area (Å²) in [5.41, 5.74) is 0. The first-order chi connectivity index (χ1) is 7.73. The molecule has 0 aliphatic heterocycles. The Labute approximate surface area is 98.0 Å². The molecule has 7 nitrogen and oxygen atoms in total. The molecule has 7 heteroatoms. The lowest BCUT2D eigenvalue weighted by atomic mass is 10.0. The van der Waals surface area contributed by atoms with E-state index in [1.165, 1.54) is 0 Å². The Bertz CT molecular complexity index is 297. The van der Waals surface area contributed by atoms with Crippen molar-refractivity contribution in [3.63, 3.8) is 0 Å². The monoisotopic (exact) mass is 248 g/mol. The van der Waals surface area contributed by atoms with Crippen LogP contribution < -0.4 is 0 Å². The third kappa shape index (κ3) is 6.52. The van der Waals surface area contributed by atoms with Crippen molar-refractivity contribution in [1.82, 2.24) is 0 Å². The number of carboxylic acids is 3. The van der Waals surface area contributed by atoms with Crippen LogP contribution in [0.25, 0.3) is 0 Å². The lowest BCUT2D eigenvalue weighted by Crippen LogP contribution is -2.35. The first kappa shape index (κ1) is 15.4. The molecule has 98 valence electrons. The minimum absolute atomic E-state index is 0.221. The molecule has 0 fully saturated rings. The maximum atomic E-state index is 10.7. The Morgan fingerprint density at radius 2 is 1.47 bits per heavy atom. The van der Waals surface area contributed by atoms with Gasteiger partial charge in [0, 0.05) is 0 Å². The van der Waals surface area contributed by atoms with E-state index < -0.39 is 36.5 Å². The minimum atomic E-state index is -1.53. The highest BCUT2D eigenvalue weighted by atomic mass is 16.5. The molecule has 0 saturated carbocycles. The van der Waals surface area contributed by atoms with Crippen molar-refractivity contribution in [3.8, 4) is 0 Å². The molecule has 0 saturated heterocycles. The topological polar surface area (TPSA) is 121 Å². The fourth-order valence-electron chi connectivity index (χ4n) is 1.18. The Morgan fingerprint density at radius 3 is 1.76 bits per heavy atom. The molecule has 17 heavy (non-hydrogen) atoms. The Kier molecular flexibility index (Phi) is 6.19. The van der Waals surface area contributed by atoms with E-state index in [0.717, 1.165) is 0 Å². The third-order valence-electron chi connectivity index (χ3n) is 2.09. The average molecular weight is 248 g/mol. The smallest absolute Gasteiger partial charge is 0.333 e. The largest absolute Gasteiger partial charge is 0.481 e. The predicted octanol–water partition coefficient (Wildman–Crippen LogP) is 0.430. The first-order valence-corrected chi connectivity index (χ1v) is 5.05.